The van der Waals surface area contributed by atoms with Gasteiger partial charge in [0.2, 0.25) is 100 Å². The molecule has 1 aromatic carbocycles. The molecule has 0 fully saturated rings. The van der Waals surface area contributed by atoms with E-state index in [0.717, 1.165) is 6.92 Å². The Morgan fingerprint density at radius 1 is 0.366 bits per heavy atom. The van der Waals surface area contributed by atoms with Crippen molar-refractivity contribution in [1.29, 1.82) is 0 Å². The van der Waals surface area contributed by atoms with Crippen LogP contribution in [0, 0.1) is 17.8 Å². The zero-order valence-corrected chi connectivity index (χ0v) is 75.1. The van der Waals surface area contributed by atoms with Gasteiger partial charge in [-0.15, -0.1) is 0 Å². The zero-order chi connectivity index (χ0) is 93.3. The number of nitrogens with one attached hydrogen (secondary N) is 16. The molecule has 0 heterocycles. The lowest BCUT2D eigenvalue weighted by Crippen LogP contribution is -2.62. The van der Waals surface area contributed by atoms with Crippen LogP contribution in [0.2, 0.25) is 0 Å². The maximum absolute atomic E-state index is 14.6. The van der Waals surface area contributed by atoms with E-state index < -0.39 is 228 Å². The second-order valence-electron chi connectivity index (χ2n) is 31.5. The third kappa shape index (κ3) is 43.2. The summed E-state index contributed by atoms with van der Waals surface area (Å²) in [5.74, 6) is -15.6. The third-order valence-corrected chi connectivity index (χ3v) is 20.9. The highest BCUT2D eigenvalue weighted by Gasteiger charge is 2.40. The molecule has 41 nitrogen and oxygen atoms in total. The number of aliphatic hydroxyl groups excluding tert-OH is 4. The van der Waals surface area contributed by atoms with E-state index in [1.807, 2.05) is 0 Å². The quantitative estimate of drug-likeness (QED) is 0.0270. The highest BCUT2D eigenvalue weighted by atomic mass is 32.2. The first-order valence-electron chi connectivity index (χ1n) is 41.8. The van der Waals surface area contributed by atoms with Crippen LogP contribution in [-0.2, 0) is 87.9 Å². The van der Waals surface area contributed by atoms with E-state index in [-0.39, 0.29) is 95.0 Å². The lowest BCUT2D eigenvalue weighted by molar-refractivity contribution is -0.137. The second-order valence-corrected chi connectivity index (χ2v) is 33.5. The average molecular weight is 1780 g/mol. The maximum atomic E-state index is 14.6. The number of hydrogen-bond acceptors (Lipinski definition) is 26. The van der Waals surface area contributed by atoms with Crippen molar-refractivity contribution in [3.8, 4) is 0 Å². The normalized spacial score (nSPS) is 15.9. The number of carbonyl (C=O) groups is 17. The lowest BCUT2D eigenvalue weighted by Gasteiger charge is -2.29. The molecule has 0 spiro atoms. The first-order chi connectivity index (χ1) is 57.9. The van der Waals surface area contributed by atoms with Crippen LogP contribution in [0.1, 0.15) is 179 Å². The monoisotopic (exact) mass is 1780 g/mol. The Labute approximate surface area is 729 Å². The molecule has 0 unspecified atom stereocenters. The van der Waals surface area contributed by atoms with Crippen molar-refractivity contribution in [2.75, 3.05) is 56.8 Å². The minimum Gasteiger partial charge on any atom is -0.394 e. The molecule has 0 saturated carbocycles. The van der Waals surface area contributed by atoms with Gasteiger partial charge in [0.1, 0.15) is 90.6 Å². The van der Waals surface area contributed by atoms with E-state index in [1.165, 1.54) is 58.1 Å². The summed E-state index contributed by atoms with van der Waals surface area (Å²) in [4.78, 5) is 234. The molecular formula is C80H140N20O21S2. The first kappa shape index (κ1) is 112. The summed E-state index contributed by atoms with van der Waals surface area (Å²) in [7, 11) is 0. The zero-order valence-electron chi connectivity index (χ0n) is 73.4. The highest BCUT2D eigenvalue weighted by Crippen LogP contribution is 2.16. The Balaban J connectivity index is 3.49. The van der Waals surface area contributed by atoms with E-state index in [2.05, 4.69) is 85.1 Å². The maximum Gasteiger partial charge on any atom is 0.245 e. The van der Waals surface area contributed by atoms with Crippen LogP contribution in [0.15, 0.2) is 30.3 Å². The van der Waals surface area contributed by atoms with E-state index in [9.17, 15) is 102 Å². The molecule has 0 aromatic heterocycles. The predicted molar refractivity (Wildman–Crippen MR) is 464 cm³/mol. The van der Waals surface area contributed by atoms with E-state index in [4.69, 9.17) is 22.9 Å². The van der Waals surface area contributed by atoms with Gasteiger partial charge in [-0.3, -0.25) is 81.5 Å². The molecule has 0 saturated heterocycles. The number of unbranched alkanes of at least 4 members (excludes halogenated alkanes) is 3. The van der Waals surface area contributed by atoms with Gasteiger partial charge >= 0.3 is 0 Å². The third-order valence-electron chi connectivity index (χ3n) is 19.7. The predicted octanol–water partition coefficient (Wildman–Crippen LogP) is -5.67. The number of primary amides is 1. The fourth-order valence-electron chi connectivity index (χ4n) is 12.3. The Morgan fingerprint density at radius 3 is 1.07 bits per heavy atom. The summed E-state index contributed by atoms with van der Waals surface area (Å²) in [5.41, 5.74) is 23.3. The minimum atomic E-state index is -1.77. The molecule has 19 atom stereocenters. The molecule has 123 heavy (non-hydrogen) atoms. The van der Waals surface area contributed by atoms with Gasteiger partial charge in [-0.05, 0) is 185 Å². The molecule has 698 valence electrons. The van der Waals surface area contributed by atoms with Crippen molar-refractivity contribution in [3.63, 3.8) is 0 Å². The molecule has 0 aliphatic heterocycles. The smallest absolute Gasteiger partial charge is 0.245 e. The van der Waals surface area contributed by atoms with Gasteiger partial charge in [-0.25, -0.2) is 0 Å². The van der Waals surface area contributed by atoms with Gasteiger partial charge in [-0.1, -0.05) is 78.3 Å². The Bertz CT molecular complexity index is 3550. The fourth-order valence-corrected chi connectivity index (χ4v) is 13.3. The Morgan fingerprint density at radius 2 is 0.683 bits per heavy atom. The van der Waals surface area contributed by atoms with Crippen molar-refractivity contribution in [2.24, 2.45) is 40.7 Å². The number of hydrogen-bond donors (Lipinski definition) is 24. The molecule has 28 N–H and O–H groups in total. The summed E-state index contributed by atoms with van der Waals surface area (Å²) < 4.78 is 0. The van der Waals surface area contributed by atoms with Crippen LogP contribution in [0.25, 0.3) is 0 Å². The lowest BCUT2D eigenvalue weighted by atomic mass is 9.97. The minimum absolute atomic E-state index is 0.00690. The Kier molecular flexibility index (Phi) is 54.7. The topological polar surface area (TPSA) is 668 Å². The van der Waals surface area contributed by atoms with Crippen molar-refractivity contribution < 1.29 is 102 Å². The molecular weight excluding hydrogens is 1640 g/mol. The average Bonchev–Trinajstić information content (AvgIpc) is 0.855. The second kappa shape index (κ2) is 60.2. The van der Waals surface area contributed by atoms with E-state index in [1.54, 1.807) is 84.4 Å². The summed E-state index contributed by atoms with van der Waals surface area (Å²) in [5, 5.41) is 82.1. The van der Waals surface area contributed by atoms with Gasteiger partial charge in [0.05, 0.1) is 31.5 Å². The molecule has 17 amide bonds. The largest absolute Gasteiger partial charge is 0.394 e. The molecule has 1 aromatic rings. The van der Waals surface area contributed by atoms with Crippen LogP contribution in [-0.4, -0.2) is 287 Å². The van der Waals surface area contributed by atoms with Gasteiger partial charge < -0.3 is 128 Å². The number of aliphatic hydroxyl groups is 4. The number of benzene rings is 1. The van der Waals surface area contributed by atoms with Crippen LogP contribution in [0.4, 0.5) is 0 Å². The van der Waals surface area contributed by atoms with Gasteiger partial charge in [0.15, 0.2) is 0 Å². The van der Waals surface area contributed by atoms with Crippen molar-refractivity contribution in [1.82, 2.24) is 85.1 Å². The standard InChI is InChI=1S/C80H140N20O21S2/c1-15-44(6)62(98-80(121)65(49(11)104)100-79(120)63(47(9)102)88-50(12)105)77(118)85-40-61(106)89-55(30-35-122-13)72(113)93-56(31-36-123-14)73(114)99-64(48(10)103)78(119)96-58(38-43(4)5)74(115)91-52(27-19-22-32-81)69(110)87-45(7)67(108)86-46(8)68(109)94-59(39-51-25-17-16-18-26-51)76(117)92-53(28-20-23-33-82)70(111)90-54(29-21-24-34-83)71(112)95-57(37-42(2)3)75(116)97-60(41-101)66(84)107/h16-18,25-26,42-49,52-60,62-65,101-104H,15,19-24,27-41,81-83H2,1-14H3,(H2,84,107)(H,85,118)(H,86,108)(H,87,110)(H,88,105)(H,89,106)(H,90,111)(H,91,115)(H,92,117)(H,93,113)(H,94,109)(H,95,112)(H,96,119)(H,97,116)(H,98,121)(H,99,114)(H,100,120)/t44-,45-,46-,47+,48+,49+,52-,53-,54-,55-,56-,57-,58-,59-,60-,62-,63-,64-,65-/m0/s1. The number of rotatable bonds is 62. The first-order valence-corrected chi connectivity index (χ1v) is 44.6. The van der Waals surface area contributed by atoms with Crippen molar-refractivity contribution in [2.45, 2.75) is 288 Å². The molecule has 0 aliphatic rings. The van der Waals surface area contributed by atoms with E-state index in [0.29, 0.717) is 49.8 Å². The van der Waals surface area contributed by atoms with Gasteiger partial charge in [0.25, 0.3) is 0 Å². The summed E-state index contributed by atoms with van der Waals surface area (Å²) >= 11 is 2.63. The summed E-state index contributed by atoms with van der Waals surface area (Å²) in [6, 6.07) is -12.9. The number of amides is 17. The summed E-state index contributed by atoms with van der Waals surface area (Å²) in [6.45, 7) is 16.8. The van der Waals surface area contributed by atoms with Crippen molar-refractivity contribution >= 4 is 124 Å². The van der Waals surface area contributed by atoms with Crippen molar-refractivity contribution in [3.05, 3.63) is 35.9 Å². The molecule has 1 rings (SSSR count). The van der Waals surface area contributed by atoms with Crippen LogP contribution < -0.4 is 108 Å². The van der Waals surface area contributed by atoms with Gasteiger partial charge in [-0.2, -0.15) is 23.5 Å². The molecule has 0 aliphatic carbocycles. The molecule has 0 radical (unpaired) electrons. The van der Waals surface area contributed by atoms with E-state index >= 15 is 0 Å². The number of nitrogens with two attached hydrogens (primary N) is 4. The number of thioether (sulfide) groups is 2. The van der Waals surface area contributed by atoms with Crippen LogP contribution in [0.5, 0.6) is 0 Å². The SMILES string of the molecule is CC[C@H](C)[C@H](NC(=O)[C@@H](NC(=O)[C@@H](NC(C)=O)[C@@H](C)O)[C@@H](C)O)C(=O)NCC(=O)N[C@@H](CCSC)C(=O)N[C@@H](CCSC)C(=O)N[C@H](C(=O)N[C@@H](CC(C)C)C(=O)N[C@@H](CCCCN)C(=O)N[C@@H](C)C(=O)N[C@@H](C)C(=O)N[C@@H](Cc1ccccc1)C(=O)N[C@@H](CCCCN)C(=O)N[C@@H](CCCCN)C(=O)N[C@@H](CC(C)C)C(=O)N[C@@H](CO)C(N)=O)[C@@H](C)O. The number of carbonyl (C=O) groups excluding carboxylic acids is 17. The summed E-state index contributed by atoms with van der Waals surface area (Å²) in [6.07, 6.45) is 1.23. The fraction of sp³-hybridized carbons (Fsp3) is 0.713. The molecule has 43 heteroatoms. The molecule has 0 bridgehead atoms. The highest BCUT2D eigenvalue weighted by molar-refractivity contribution is 7.98. The van der Waals surface area contributed by atoms with Crippen LogP contribution in [0.3, 0.4) is 0 Å². The van der Waals surface area contributed by atoms with Gasteiger partial charge in [0, 0.05) is 13.3 Å². The Hall–Kier alpha value is -9.37. The van der Waals surface area contributed by atoms with Crippen LogP contribution >= 0.6 is 23.5 Å².